The van der Waals surface area contributed by atoms with E-state index in [0.717, 1.165) is 26.2 Å². The summed E-state index contributed by atoms with van der Waals surface area (Å²) >= 11 is 0. The lowest BCUT2D eigenvalue weighted by Gasteiger charge is -2.36. The number of rotatable bonds is 6. The highest BCUT2D eigenvalue weighted by Gasteiger charge is 2.31. The molecule has 1 heterocycles. The molecule has 1 aliphatic heterocycles. The topological polar surface area (TPSA) is 44.8 Å². The quantitative estimate of drug-likeness (QED) is 0.785. The van der Waals surface area contributed by atoms with Gasteiger partial charge in [-0.25, -0.2) is 0 Å². The zero-order valence-electron chi connectivity index (χ0n) is 16.2. The van der Waals surface area contributed by atoms with E-state index in [4.69, 9.17) is 0 Å². The Bertz CT molecular complexity index is 817. The van der Waals surface area contributed by atoms with Crippen molar-refractivity contribution < 1.29 is 22.7 Å². The van der Waals surface area contributed by atoms with Gasteiger partial charge in [0.15, 0.2) is 0 Å². The van der Waals surface area contributed by atoms with Gasteiger partial charge in [0.1, 0.15) is 5.75 Å². The first-order valence-electron chi connectivity index (χ1n) is 9.49. The first-order chi connectivity index (χ1) is 13.8. The van der Waals surface area contributed by atoms with Crippen molar-refractivity contribution in [1.82, 2.24) is 4.90 Å². The first kappa shape index (κ1) is 21.0. The van der Waals surface area contributed by atoms with Crippen LogP contribution in [-0.4, -0.2) is 49.9 Å². The summed E-state index contributed by atoms with van der Waals surface area (Å²) in [5.74, 6) is -0.488. The number of ether oxygens (including phenoxy) is 1. The van der Waals surface area contributed by atoms with E-state index in [0.29, 0.717) is 18.7 Å². The fraction of sp³-hybridized carbons (Fsp3) is 0.381. The highest BCUT2D eigenvalue weighted by molar-refractivity contribution is 5.90. The van der Waals surface area contributed by atoms with Crippen LogP contribution in [0.4, 0.5) is 24.5 Å². The second-order valence-electron chi connectivity index (χ2n) is 6.99. The number of carbonyl (C=O) groups excluding carboxylic acids is 1. The number of carbonyl (C=O) groups is 1. The summed E-state index contributed by atoms with van der Waals surface area (Å²) in [7, 11) is 0. The number of nitrogens with zero attached hydrogens (tertiary/aromatic N) is 2. The van der Waals surface area contributed by atoms with Crippen LogP contribution in [0.15, 0.2) is 48.5 Å². The van der Waals surface area contributed by atoms with Crippen molar-refractivity contribution in [2.75, 3.05) is 42.9 Å². The average molecular weight is 407 g/mol. The molecular weight excluding hydrogens is 383 g/mol. The summed E-state index contributed by atoms with van der Waals surface area (Å²) in [5.41, 5.74) is 2.95. The normalized spacial score (nSPS) is 15.2. The molecule has 0 unspecified atom stereocenters. The monoisotopic (exact) mass is 407 g/mol. The lowest BCUT2D eigenvalue weighted by molar-refractivity contribution is -0.274. The predicted molar refractivity (Wildman–Crippen MR) is 106 cm³/mol. The molecule has 2 aromatic carbocycles. The van der Waals surface area contributed by atoms with Crippen LogP contribution in [-0.2, 0) is 4.79 Å². The van der Waals surface area contributed by atoms with Gasteiger partial charge >= 0.3 is 6.36 Å². The molecule has 1 amide bonds. The molecule has 1 fully saturated rings. The molecule has 0 bridgehead atoms. The highest BCUT2D eigenvalue weighted by Crippen LogP contribution is 2.24. The number of hydrogen-bond acceptors (Lipinski definition) is 4. The molecule has 156 valence electrons. The van der Waals surface area contributed by atoms with Crippen molar-refractivity contribution in [3.05, 3.63) is 54.1 Å². The molecule has 5 nitrogen and oxygen atoms in total. The summed E-state index contributed by atoms with van der Waals surface area (Å²) in [6, 6.07) is 13.4. The Morgan fingerprint density at radius 2 is 1.69 bits per heavy atom. The Hall–Kier alpha value is -2.74. The summed E-state index contributed by atoms with van der Waals surface area (Å²) < 4.78 is 40.3. The van der Waals surface area contributed by atoms with E-state index < -0.39 is 6.36 Å². The zero-order chi connectivity index (χ0) is 20.9. The molecule has 0 aliphatic carbocycles. The van der Waals surface area contributed by atoms with Crippen LogP contribution >= 0.6 is 0 Å². The van der Waals surface area contributed by atoms with Crippen LogP contribution in [0.3, 0.4) is 0 Å². The second-order valence-corrected chi connectivity index (χ2v) is 6.99. The minimum Gasteiger partial charge on any atom is -0.406 e. The van der Waals surface area contributed by atoms with Crippen LogP contribution in [0.5, 0.6) is 5.75 Å². The molecular formula is C21H24F3N3O2. The summed E-state index contributed by atoms with van der Waals surface area (Å²) in [5, 5.41) is 2.70. The maximum absolute atomic E-state index is 12.2. The van der Waals surface area contributed by atoms with Gasteiger partial charge in [0.2, 0.25) is 5.91 Å². The fourth-order valence-electron chi connectivity index (χ4n) is 3.35. The van der Waals surface area contributed by atoms with Crippen molar-refractivity contribution >= 4 is 17.3 Å². The Morgan fingerprint density at radius 1 is 1.03 bits per heavy atom. The Morgan fingerprint density at radius 3 is 2.31 bits per heavy atom. The number of hydrogen-bond donors (Lipinski definition) is 1. The van der Waals surface area contributed by atoms with Crippen LogP contribution in [0, 0.1) is 6.92 Å². The van der Waals surface area contributed by atoms with Gasteiger partial charge in [-0.15, -0.1) is 13.2 Å². The summed E-state index contributed by atoms with van der Waals surface area (Å²) in [6.07, 6.45) is -4.40. The Balaban J connectivity index is 1.41. The van der Waals surface area contributed by atoms with E-state index in [1.54, 1.807) is 0 Å². The van der Waals surface area contributed by atoms with Gasteiger partial charge in [0.05, 0.1) is 0 Å². The van der Waals surface area contributed by atoms with Gasteiger partial charge in [0.25, 0.3) is 0 Å². The zero-order valence-corrected chi connectivity index (χ0v) is 16.2. The van der Waals surface area contributed by atoms with Crippen LogP contribution in [0.25, 0.3) is 0 Å². The maximum Gasteiger partial charge on any atom is 0.573 e. The van der Waals surface area contributed by atoms with E-state index in [1.165, 1.54) is 35.5 Å². The molecule has 3 rings (SSSR count). The van der Waals surface area contributed by atoms with Crippen molar-refractivity contribution in [1.29, 1.82) is 0 Å². The van der Waals surface area contributed by atoms with Crippen molar-refractivity contribution in [3.63, 3.8) is 0 Å². The molecule has 1 aliphatic rings. The van der Waals surface area contributed by atoms with Gasteiger partial charge in [-0.3, -0.25) is 9.69 Å². The Labute approximate surface area is 168 Å². The number of amides is 1. The maximum atomic E-state index is 12.2. The molecule has 0 atom stereocenters. The molecule has 0 saturated carbocycles. The van der Waals surface area contributed by atoms with E-state index in [2.05, 4.69) is 38.9 Å². The van der Waals surface area contributed by atoms with E-state index >= 15 is 0 Å². The fourth-order valence-corrected chi connectivity index (χ4v) is 3.35. The number of aryl methyl sites for hydroxylation is 1. The minimum absolute atomic E-state index is 0.171. The molecule has 0 spiro atoms. The number of halogens is 3. The molecule has 1 saturated heterocycles. The Kier molecular flexibility index (Phi) is 6.64. The first-order valence-corrected chi connectivity index (χ1v) is 9.49. The van der Waals surface area contributed by atoms with Crippen LogP contribution in [0.1, 0.15) is 12.0 Å². The molecule has 0 radical (unpaired) electrons. The lowest BCUT2D eigenvalue weighted by Crippen LogP contribution is -2.47. The second kappa shape index (κ2) is 9.17. The molecule has 0 aromatic heterocycles. The largest absolute Gasteiger partial charge is 0.573 e. The van der Waals surface area contributed by atoms with E-state index in [-0.39, 0.29) is 11.7 Å². The number of para-hydroxylation sites is 1. The number of anilines is 2. The molecule has 8 heteroatoms. The van der Waals surface area contributed by atoms with Crippen LogP contribution < -0.4 is 15.0 Å². The number of alkyl halides is 3. The minimum atomic E-state index is -4.73. The van der Waals surface area contributed by atoms with E-state index in [9.17, 15) is 18.0 Å². The lowest BCUT2D eigenvalue weighted by atomic mass is 10.1. The smallest absolute Gasteiger partial charge is 0.406 e. The molecule has 1 N–H and O–H groups in total. The van der Waals surface area contributed by atoms with Crippen LogP contribution in [0.2, 0.25) is 0 Å². The highest BCUT2D eigenvalue weighted by atomic mass is 19.4. The van der Waals surface area contributed by atoms with Crippen molar-refractivity contribution in [2.24, 2.45) is 0 Å². The summed E-state index contributed by atoms with van der Waals surface area (Å²) in [4.78, 5) is 16.7. The van der Waals surface area contributed by atoms with Gasteiger partial charge in [-0.1, -0.05) is 18.2 Å². The van der Waals surface area contributed by atoms with Gasteiger partial charge in [-0.2, -0.15) is 0 Å². The number of piperazine rings is 1. The average Bonchev–Trinajstić information content (AvgIpc) is 2.68. The molecule has 2 aromatic rings. The van der Waals surface area contributed by atoms with Gasteiger partial charge in [0, 0.05) is 50.5 Å². The third kappa shape index (κ3) is 6.39. The van der Waals surface area contributed by atoms with E-state index in [1.807, 2.05) is 12.1 Å². The molecule has 29 heavy (non-hydrogen) atoms. The van der Waals surface area contributed by atoms with Gasteiger partial charge < -0.3 is 15.0 Å². The number of nitrogens with one attached hydrogen (secondary N) is 1. The predicted octanol–water partition coefficient (Wildman–Crippen LogP) is 4.04. The van der Waals surface area contributed by atoms with Gasteiger partial charge in [-0.05, 0) is 42.8 Å². The SMILES string of the molecule is Cc1ccccc1N1CCN(CCC(=O)Nc2ccc(OC(F)(F)F)cc2)CC1. The summed E-state index contributed by atoms with van der Waals surface area (Å²) in [6.45, 7) is 6.33. The standard InChI is InChI=1S/C21H24F3N3O2/c1-16-4-2-3-5-19(16)27-14-12-26(13-15-27)11-10-20(28)25-17-6-8-18(9-7-17)29-21(22,23)24/h2-9H,10-15H2,1H3,(H,25,28). The van der Waals surface area contributed by atoms with Crippen molar-refractivity contribution in [2.45, 2.75) is 19.7 Å². The third-order valence-electron chi connectivity index (χ3n) is 4.86. The number of benzene rings is 2. The van der Waals surface area contributed by atoms with Crippen molar-refractivity contribution in [3.8, 4) is 5.75 Å². The third-order valence-corrected chi connectivity index (χ3v) is 4.86.